The molecule has 1 aliphatic heterocycles. The van der Waals surface area contributed by atoms with Gasteiger partial charge in [0.1, 0.15) is 4.32 Å². The topological polar surface area (TPSA) is 58.6 Å². The van der Waals surface area contributed by atoms with Gasteiger partial charge >= 0.3 is 5.97 Å². The monoisotopic (exact) mass is 338 g/mol. The minimum Gasteiger partial charge on any atom is -0.465 e. The first-order valence-electron chi connectivity index (χ1n) is 7.00. The Balaban J connectivity index is 1.84. The number of methoxy groups -OCH3 is 1. The van der Waals surface area contributed by atoms with Crippen LogP contribution in [0, 0.1) is 0 Å². The zero-order chi connectivity index (χ0) is 15.9. The van der Waals surface area contributed by atoms with Crippen LogP contribution in [0.25, 0.3) is 0 Å². The second kappa shape index (κ2) is 8.14. The number of hydrogen-bond acceptors (Lipinski definition) is 5. The molecule has 0 spiro atoms. The molecule has 1 aliphatic rings. The van der Waals surface area contributed by atoms with E-state index in [9.17, 15) is 9.59 Å². The number of nitrogens with one attached hydrogen (secondary N) is 1. The van der Waals surface area contributed by atoms with E-state index in [0.717, 1.165) is 30.3 Å². The van der Waals surface area contributed by atoms with Crippen LogP contribution in [-0.2, 0) is 9.53 Å². The number of thioether (sulfide) groups is 1. The summed E-state index contributed by atoms with van der Waals surface area (Å²) < 4.78 is 5.43. The summed E-state index contributed by atoms with van der Waals surface area (Å²) >= 11 is 6.68. The van der Waals surface area contributed by atoms with E-state index < -0.39 is 5.97 Å². The van der Waals surface area contributed by atoms with Crippen LogP contribution in [0.3, 0.4) is 0 Å². The predicted octanol–water partition coefficient (Wildman–Crippen LogP) is 2.53. The number of benzene rings is 1. The Morgan fingerprint density at radius 1 is 1.36 bits per heavy atom. The highest BCUT2D eigenvalue weighted by Gasteiger charge is 2.16. The number of amides is 1. The van der Waals surface area contributed by atoms with Gasteiger partial charge in [-0.25, -0.2) is 4.79 Å². The number of rotatable bonds is 4. The van der Waals surface area contributed by atoms with E-state index in [-0.39, 0.29) is 11.7 Å². The lowest BCUT2D eigenvalue weighted by Gasteiger charge is -2.17. The molecule has 22 heavy (non-hydrogen) atoms. The number of thiocarbonyl (C=S) groups is 1. The fourth-order valence-electron chi connectivity index (χ4n) is 2.16. The van der Waals surface area contributed by atoms with Crippen LogP contribution in [0.2, 0.25) is 0 Å². The Bertz CT molecular complexity index is 572. The molecule has 2 rings (SSSR count). The standard InChI is InChI=1S/C15H18N2O3S2/c1-20-14(19)11-5-4-6-12(9-11)16-13(18)10-22-15(21)17-7-2-3-8-17/h4-6,9H,2-3,7-8,10H2,1H3,(H,16,18). The number of hydrogen-bond donors (Lipinski definition) is 1. The molecular formula is C15H18N2O3S2. The summed E-state index contributed by atoms with van der Waals surface area (Å²) in [5.41, 5.74) is 0.973. The molecule has 1 aromatic carbocycles. The highest BCUT2D eigenvalue weighted by molar-refractivity contribution is 8.23. The molecule has 1 aromatic rings. The average molecular weight is 338 g/mol. The van der Waals surface area contributed by atoms with Gasteiger partial charge < -0.3 is 15.0 Å². The number of likely N-dealkylation sites (tertiary alicyclic amines) is 1. The number of carbonyl (C=O) groups is 2. The minimum absolute atomic E-state index is 0.145. The maximum Gasteiger partial charge on any atom is 0.337 e. The highest BCUT2D eigenvalue weighted by atomic mass is 32.2. The molecular weight excluding hydrogens is 320 g/mol. The van der Waals surface area contributed by atoms with E-state index in [2.05, 4.69) is 15.0 Å². The van der Waals surface area contributed by atoms with Gasteiger partial charge in [-0.2, -0.15) is 0 Å². The molecule has 0 bridgehead atoms. The van der Waals surface area contributed by atoms with Gasteiger partial charge in [0.05, 0.1) is 18.4 Å². The van der Waals surface area contributed by atoms with Gasteiger partial charge in [0, 0.05) is 18.8 Å². The Labute approximate surface area is 139 Å². The molecule has 0 aliphatic carbocycles. The van der Waals surface area contributed by atoms with Crippen LogP contribution in [0.5, 0.6) is 0 Å². The van der Waals surface area contributed by atoms with Crippen LogP contribution < -0.4 is 5.32 Å². The molecule has 7 heteroatoms. The maximum absolute atomic E-state index is 12.0. The van der Waals surface area contributed by atoms with Crippen molar-refractivity contribution in [2.75, 3.05) is 31.3 Å². The fraction of sp³-hybridized carbons (Fsp3) is 0.400. The molecule has 0 radical (unpaired) electrons. The van der Waals surface area contributed by atoms with Crippen molar-refractivity contribution in [1.82, 2.24) is 4.90 Å². The molecule has 118 valence electrons. The van der Waals surface area contributed by atoms with Crippen molar-refractivity contribution in [1.29, 1.82) is 0 Å². The number of carbonyl (C=O) groups excluding carboxylic acids is 2. The molecule has 0 atom stereocenters. The molecule has 1 N–H and O–H groups in total. The van der Waals surface area contributed by atoms with Crippen molar-refractivity contribution < 1.29 is 14.3 Å². The lowest BCUT2D eigenvalue weighted by molar-refractivity contribution is -0.113. The summed E-state index contributed by atoms with van der Waals surface area (Å²) in [6.45, 7) is 1.96. The summed E-state index contributed by atoms with van der Waals surface area (Å²) in [6, 6.07) is 6.66. The zero-order valence-electron chi connectivity index (χ0n) is 12.3. The van der Waals surface area contributed by atoms with E-state index in [1.54, 1.807) is 24.3 Å². The molecule has 1 saturated heterocycles. The molecule has 1 amide bonds. The third-order valence-electron chi connectivity index (χ3n) is 3.26. The van der Waals surface area contributed by atoms with Gasteiger partial charge in [0.15, 0.2) is 0 Å². The minimum atomic E-state index is -0.430. The number of nitrogens with zero attached hydrogens (tertiary/aromatic N) is 1. The second-order valence-corrected chi connectivity index (χ2v) is 6.48. The van der Waals surface area contributed by atoms with Crippen LogP contribution in [0.15, 0.2) is 24.3 Å². The zero-order valence-corrected chi connectivity index (χ0v) is 14.0. The van der Waals surface area contributed by atoms with Gasteiger partial charge in [0.25, 0.3) is 0 Å². The Morgan fingerprint density at radius 3 is 2.77 bits per heavy atom. The average Bonchev–Trinajstić information content (AvgIpc) is 3.06. The van der Waals surface area contributed by atoms with E-state index in [1.807, 2.05) is 0 Å². The first-order chi connectivity index (χ1) is 10.6. The molecule has 1 fully saturated rings. The number of ether oxygens (including phenoxy) is 1. The summed E-state index contributed by atoms with van der Waals surface area (Å²) in [7, 11) is 1.32. The number of anilines is 1. The fourth-order valence-corrected chi connectivity index (χ4v) is 3.21. The molecule has 1 heterocycles. The van der Waals surface area contributed by atoms with Gasteiger partial charge in [-0.1, -0.05) is 30.0 Å². The van der Waals surface area contributed by atoms with Crippen LogP contribution >= 0.6 is 24.0 Å². The lowest BCUT2D eigenvalue weighted by Crippen LogP contribution is -2.25. The third-order valence-corrected chi connectivity index (χ3v) is 4.78. The Morgan fingerprint density at radius 2 is 2.09 bits per heavy atom. The first kappa shape index (κ1) is 16.8. The van der Waals surface area contributed by atoms with Gasteiger partial charge in [-0.05, 0) is 31.0 Å². The van der Waals surface area contributed by atoms with Crippen LogP contribution in [-0.4, -0.2) is 47.0 Å². The van der Waals surface area contributed by atoms with E-state index in [1.165, 1.54) is 18.9 Å². The lowest BCUT2D eigenvalue weighted by atomic mass is 10.2. The first-order valence-corrected chi connectivity index (χ1v) is 8.39. The number of esters is 1. The van der Waals surface area contributed by atoms with E-state index in [0.29, 0.717) is 11.3 Å². The van der Waals surface area contributed by atoms with Crippen LogP contribution in [0.1, 0.15) is 23.2 Å². The summed E-state index contributed by atoms with van der Waals surface area (Å²) in [4.78, 5) is 25.5. The van der Waals surface area contributed by atoms with Gasteiger partial charge in [-0.3, -0.25) is 4.79 Å². The van der Waals surface area contributed by atoms with Gasteiger partial charge in [-0.15, -0.1) is 0 Å². The quantitative estimate of drug-likeness (QED) is 0.672. The smallest absolute Gasteiger partial charge is 0.337 e. The molecule has 5 nitrogen and oxygen atoms in total. The van der Waals surface area contributed by atoms with Crippen molar-refractivity contribution in [2.45, 2.75) is 12.8 Å². The predicted molar refractivity (Wildman–Crippen MR) is 92.3 cm³/mol. The Hall–Kier alpha value is -1.60. The Kier molecular flexibility index (Phi) is 6.21. The molecule has 0 aromatic heterocycles. The summed E-state index contributed by atoms with van der Waals surface area (Å²) in [6.07, 6.45) is 2.32. The highest BCUT2D eigenvalue weighted by Crippen LogP contribution is 2.17. The summed E-state index contributed by atoms with van der Waals surface area (Å²) in [5, 5.41) is 2.76. The van der Waals surface area contributed by atoms with E-state index >= 15 is 0 Å². The van der Waals surface area contributed by atoms with Crippen molar-refractivity contribution in [3.05, 3.63) is 29.8 Å². The largest absolute Gasteiger partial charge is 0.465 e. The van der Waals surface area contributed by atoms with Gasteiger partial charge in [0.2, 0.25) is 5.91 Å². The van der Waals surface area contributed by atoms with Crippen LogP contribution in [0.4, 0.5) is 5.69 Å². The SMILES string of the molecule is COC(=O)c1cccc(NC(=O)CSC(=S)N2CCCC2)c1. The third kappa shape index (κ3) is 4.71. The normalized spacial score (nSPS) is 13.8. The molecule has 0 saturated carbocycles. The van der Waals surface area contributed by atoms with E-state index in [4.69, 9.17) is 12.2 Å². The van der Waals surface area contributed by atoms with Crippen molar-refractivity contribution in [2.24, 2.45) is 0 Å². The summed E-state index contributed by atoms with van der Waals surface area (Å²) in [5.74, 6) is -0.313. The van der Waals surface area contributed by atoms with Crippen molar-refractivity contribution in [3.63, 3.8) is 0 Å². The maximum atomic E-state index is 12.0. The molecule has 0 unspecified atom stereocenters. The van der Waals surface area contributed by atoms with Crippen molar-refractivity contribution >= 4 is 45.9 Å². The second-order valence-electron chi connectivity index (χ2n) is 4.87. The van der Waals surface area contributed by atoms with Crippen molar-refractivity contribution in [3.8, 4) is 0 Å².